The van der Waals surface area contributed by atoms with E-state index in [1.807, 2.05) is 0 Å². The van der Waals surface area contributed by atoms with Crippen LogP contribution >= 0.6 is 0 Å². The van der Waals surface area contributed by atoms with Crippen molar-refractivity contribution in [1.29, 1.82) is 0 Å². The van der Waals surface area contributed by atoms with Gasteiger partial charge < -0.3 is 20.7 Å². The van der Waals surface area contributed by atoms with E-state index >= 15 is 0 Å². The molecule has 1 aromatic rings. The summed E-state index contributed by atoms with van der Waals surface area (Å²) in [5.74, 6) is 1.47. The van der Waals surface area contributed by atoms with Crippen molar-refractivity contribution in [3.63, 3.8) is 0 Å². The minimum absolute atomic E-state index is 0.0898. The van der Waals surface area contributed by atoms with Crippen molar-refractivity contribution in [2.75, 3.05) is 33.3 Å². The first-order chi connectivity index (χ1) is 9.79. The van der Waals surface area contributed by atoms with E-state index in [2.05, 4.69) is 20.9 Å². The molecule has 0 bridgehead atoms. The Morgan fingerprint density at radius 2 is 2.15 bits per heavy atom. The Balaban J connectivity index is 1.70. The molecule has 0 atom stereocenters. The number of guanidine groups is 1. The number of benzene rings is 1. The van der Waals surface area contributed by atoms with Crippen LogP contribution in [0.1, 0.15) is 16.8 Å². The van der Waals surface area contributed by atoms with Crippen molar-refractivity contribution >= 4 is 11.9 Å². The molecule has 0 saturated carbocycles. The van der Waals surface area contributed by atoms with Gasteiger partial charge in [-0.05, 0) is 30.7 Å². The summed E-state index contributed by atoms with van der Waals surface area (Å²) in [5, 5.41) is 9.17. The minimum atomic E-state index is -0.0898. The third-order valence-corrected chi connectivity index (χ3v) is 2.95. The van der Waals surface area contributed by atoms with E-state index in [9.17, 15) is 4.79 Å². The van der Waals surface area contributed by atoms with Gasteiger partial charge in [0.25, 0.3) is 5.91 Å². The minimum Gasteiger partial charge on any atom is -0.497 e. The molecule has 6 nitrogen and oxygen atoms in total. The first-order valence-electron chi connectivity index (χ1n) is 6.74. The number of rotatable bonds is 5. The van der Waals surface area contributed by atoms with Gasteiger partial charge in [0.15, 0.2) is 5.96 Å². The van der Waals surface area contributed by atoms with Gasteiger partial charge >= 0.3 is 0 Å². The molecule has 0 spiro atoms. The Labute approximate surface area is 118 Å². The molecule has 1 aromatic carbocycles. The van der Waals surface area contributed by atoms with Gasteiger partial charge in [-0.2, -0.15) is 0 Å². The average molecular weight is 276 g/mol. The molecule has 0 unspecified atom stereocenters. The summed E-state index contributed by atoms with van der Waals surface area (Å²) in [6, 6.07) is 7.03. The number of methoxy groups -OCH3 is 1. The second-order valence-electron chi connectivity index (χ2n) is 4.42. The Hall–Kier alpha value is -2.24. The number of nitrogens with one attached hydrogen (secondary N) is 3. The van der Waals surface area contributed by atoms with E-state index in [4.69, 9.17) is 4.74 Å². The molecule has 0 fully saturated rings. The SMILES string of the molecule is COc1ccc(C(=O)NCCNC2=NCCCN2)cc1. The maximum absolute atomic E-state index is 11.9. The molecular weight excluding hydrogens is 256 g/mol. The zero-order valence-electron chi connectivity index (χ0n) is 11.6. The quantitative estimate of drug-likeness (QED) is 0.679. The molecule has 0 aliphatic carbocycles. The zero-order valence-corrected chi connectivity index (χ0v) is 11.6. The van der Waals surface area contributed by atoms with E-state index in [-0.39, 0.29) is 5.91 Å². The van der Waals surface area contributed by atoms with Crippen LogP contribution in [0.15, 0.2) is 29.3 Å². The van der Waals surface area contributed by atoms with Crippen LogP contribution in [-0.2, 0) is 0 Å². The normalized spacial score (nSPS) is 13.9. The predicted molar refractivity (Wildman–Crippen MR) is 78.3 cm³/mol. The van der Waals surface area contributed by atoms with Gasteiger partial charge in [-0.25, -0.2) is 0 Å². The molecular formula is C14H20N4O2. The molecule has 0 saturated heterocycles. The summed E-state index contributed by atoms with van der Waals surface area (Å²) in [7, 11) is 1.60. The molecule has 20 heavy (non-hydrogen) atoms. The fourth-order valence-corrected chi connectivity index (χ4v) is 1.85. The number of hydrogen-bond acceptors (Lipinski definition) is 5. The van der Waals surface area contributed by atoms with Crippen LogP contribution in [-0.4, -0.2) is 45.2 Å². The highest BCUT2D eigenvalue weighted by atomic mass is 16.5. The third kappa shape index (κ3) is 4.15. The lowest BCUT2D eigenvalue weighted by Gasteiger charge is -2.16. The molecule has 6 heteroatoms. The van der Waals surface area contributed by atoms with Gasteiger partial charge in [0.2, 0.25) is 0 Å². The molecule has 2 rings (SSSR count). The van der Waals surface area contributed by atoms with Crippen LogP contribution in [0.2, 0.25) is 0 Å². The van der Waals surface area contributed by atoms with E-state index in [1.54, 1.807) is 31.4 Å². The van der Waals surface area contributed by atoms with Crippen LogP contribution in [0.5, 0.6) is 5.75 Å². The number of ether oxygens (including phenoxy) is 1. The van der Waals surface area contributed by atoms with Crippen molar-refractivity contribution in [3.8, 4) is 5.75 Å². The number of carbonyl (C=O) groups is 1. The first-order valence-corrected chi connectivity index (χ1v) is 6.74. The molecule has 0 aromatic heterocycles. The summed E-state index contributed by atoms with van der Waals surface area (Å²) in [6.07, 6.45) is 1.07. The Kier molecular flexibility index (Phi) is 5.23. The van der Waals surface area contributed by atoms with Crippen molar-refractivity contribution in [2.24, 2.45) is 4.99 Å². The molecule has 1 aliphatic rings. The number of nitrogens with zero attached hydrogens (tertiary/aromatic N) is 1. The molecule has 108 valence electrons. The van der Waals surface area contributed by atoms with Crippen LogP contribution in [0, 0.1) is 0 Å². The summed E-state index contributed by atoms with van der Waals surface area (Å²) < 4.78 is 5.05. The number of aliphatic imine (C=N–C) groups is 1. The standard InChI is InChI=1S/C14H20N4O2/c1-20-12-5-3-11(4-6-12)13(19)15-9-10-18-14-16-7-2-8-17-14/h3-6H,2,7-10H2,1H3,(H,15,19)(H2,16,17,18). The summed E-state index contributed by atoms with van der Waals surface area (Å²) in [6.45, 7) is 3.00. The highest BCUT2D eigenvalue weighted by molar-refractivity contribution is 5.94. The molecule has 0 radical (unpaired) electrons. The van der Waals surface area contributed by atoms with E-state index in [0.29, 0.717) is 18.7 Å². The smallest absolute Gasteiger partial charge is 0.251 e. The van der Waals surface area contributed by atoms with Gasteiger partial charge in [0, 0.05) is 31.7 Å². The number of hydrogen-bond donors (Lipinski definition) is 3. The first kappa shape index (κ1) is 14.2. The molecule has 1 heterocycles. The van der Waals surface area contributed by atoms with Crippen LogP contribution in [0.4, 0.5) is 0 Å². The summed E-state index contributed by atoms with van der Waals surface area (Å²) in [4.78, 5) is 16.2. The van der Waals surface area contributed by atoms with E-state index in [1.165, 1.54) is 0 Å². The fraction of sp³-hybridized carbons (Fsp3) is 0.429. The number of carbonyl (C=O) groups excluding carboxylic acids is 1. The Morgan fingerprint density at radius 3 is 2.80 bits per heavy atom. The highest BCUT2D eigenvalue weighted by Gasteiger charge is 2.05. The van der Waals surface area contributed by atoms with Gasteiger partial charge in [0.1, 0.15) is 5.75 Å². The van der Waals surface area contributed by atoms with Crippen molar-refractivity contribution in [3.05, 3.63) is 29.8 Å². The second kappa shape index (κ2) is 7.37. The second-order valence-corrected chi connectivity index (χ2v) is 4.42. The van der Waals surface area contributed by atoms with Crippen molar-refractivity contribution < 1.29 is 9.53 Å². The summed E-state index contributed by atoms with van der Waals surface area (Å²) >= 11 is 0. The Bertz CT molecular complexity index is 471. The topological polar surface area (TPSA) is 74.8 Å². The Morgan fingerprint density at radius 1 is 1.35 bits per heavy atom. The third-order valence-electron chi connectivity index (χ3n) is 2.95. The predicted octanol–water partition coefficient (Wildman–Crippen LogP) is 0.364. The van der Waals surface area contributed by atoms with Gasteiger partial charge in [-0.1, -0.05) is 0 Å². The highest BCUT2D eigenvalue weighted by Crippen LogP contribution is 2.10. The maximum atomic E-state index is 11.9. The zero-order chi connectivity index (χ0) is 14.2. The average Bonchev–Trinajstić information content (AvgIpc) is 2.52. The molecule has 3 N–H and O–H groups in total. The van der Waals surface area contributed by atoms with Gasteiger partial charge in [-0.3, -0.25) is 9.79 Å². The fourth-order valence-electron chi connectivity index (χ4n) is 1.85. The maximum Gasteiger partial charge on any atom is 0.251 e. The largest absolute Gasteiger partial charge is 0.497 e. The summed E-state index contributed by atoms with van der Waals surface area (Å²) in [5.41, 5.74) is 0.624. The lowest BCUT2D eigenvalue weighted by Crippen LogP contribution is -2.43. The van der Waals surface area contributed by atoms with Crippen LogP contribution < -0.4 is 20.7 Å². The molecule has 1 amide bonds. The van der Waals surface area contributed by atoms with Gasteiger partial charge in [-0.15, -0.1) is 0 Å². The molecule has 1 aliphatic heterocycles. The van der Waals surface area contributed by atoms with E-state index in [0.717, 1.165) is 31.2 Å². The van der Waals surface area contributed by atoms with Crippen LogP contribution in [0.3, 0.4) is 0 Å². The van der Waals surface area contributed by atoms with Gasteiger partial charge in [0.05, 0.1) is 7.11 Å². The van der Waals surface area contributed by atoms with E-state index < -0.39 is 0 Å². The van der Waals surface area contributed by atoms with Crippen molar-refractivity contribution in [2.45, 2.75) is 6.42 Å². The number of amides is 1. The lowest BCUT2D eigenvalue weighted by molar-refractivity contribution is 0.0954. The monoisotopic (exact) mass is 276 g/mol. The van der Waals surface area contributed by atoms with Crippen molar-refractivity contribution in [1.82, 2.24) is 16.0 Å². The lowest BCUT2D eigenvalue weighted by atomic mass is 10.2. The van der Waals surface area contributed by atoms with Crippen LogP contribution in [0.25, 0.3) is 0 Å².